The number of thioether (sulfide) groups is 1. The number of fused-ring (bicyclic) bond motifs is 1. The zero-order chi connectivity index (χ0) is 33.4. The molecule has 1 aliphatic heterocycles. The quantitative estimate of drug-likeness (QED) is 0.181. The number of rotatable bonds is 9. The Labute approximate surface area is 275 Å². The SMILES string of the molecule is COc1cc(C=C2SC(=O)N(CC(=O)OC(C)C)C2=O)ccc1Oc1nc2c(c(=O)n(C)c(=O)n2C)n1Cc1ccc(Cl)cc1Cl. The van der Waals surface area contributed by atoms with Crippen molar-refractivity contribution in [3.63, 3.8) is 0 Å². The van der Waals surface area contributed by atoms with Crippen LogP contribution in [0.2, 0.25) is 10.0 Å². The fourth-order valence-electron chi connectivity index (χ4n) is 4.64. The number of hydrogen-bond donors (Lipinski definition) is 0. The Balaban J connectivity index is 1.51. The number of ether oxygens (including phenoxy) is 3. The van der Waals surface area contributed by atoms with E-state index in [0.29, 0.717) is 32.9 Å². The van der Waals surface area contributed by atoms with E-state index in [2.05, 4.69) is 4.98 Å². The molecule has 0 N–H and O–H groups in total. The summed E-state index contributed by atoms with van der Waals surface area (Å²) in [6.45, 7) is 2.89. The lowest BCUT2D eigenvalue weighted by Gasteiger charge is -2.14. The molecule has 1 aliphatic rings. The molecule has 240 valence electrons. The molecule has 0 radical (unpaired) electrons. The highest BCUT2D eigenvalue weighted by molar-refractivity contribution is 8.18. The normalized spacial score (nSPS) is 14.2. The summed E-state index contributed by atoms with van der Waals surface area (Å²) in [5.74, 6) is -0.885. The molecule has 2 aromatic heterocycles. The van der Waals surface area contributed by atoms with Crippen LogP contribution >= 0.6 is 35.0 Å². The predicted molar refractivity (Wildman–Crippen MR) is 173 cm³/mol. The minimum Gasteiger partial charge on any atom is -0.493 e. The van der Waals surface area contributed by atoms with Crippen LogP contribution in [0.5, 0.6) is 17.5 Å². The molecule has 1 fully saturated rings. The van der Waals surface area contributed by atoms with E-state index in [1.165, 1.54) is 36.4 Å². The van der Waals surface area contributed by atoms with E-state index < -0.39 is 34.9 Å². The van der Waals surface area contributed by atoms with Crippen molar-refractivity contribution in [2.75, 3.05) is 13.7 Å². The zero-order valence-electron chi connectivity index (χ0n) is 25.2. The van der Waals surface area contributed by atoms with E-state index in [1.54, 1.807) is 50.2 Å². The number of nitrogens with zero attached hydrogens (tertiary/aromatic N) is 5. The number of imide groups is 1. The fourth-order valence-corrected chi connectivity index (χ4v) is 5.95. The molecule has 0 saturated carbocycles. The van der Waals surface area contributed by atoms with Crippen molar-refractivity contribution in [1.82, 2.24) is 23.6 Å². The predicted octanol–water partition coefficient (Wildman–Crippen LogP) is 4.58. The number of amides is 2. The Morgan fingerprint density at radius 1 is 1.02 bits per heavy atom. The van der Waals surface area contributed by atoms with Crippen LogP contribution in [0, 0.1) is 0 Å². The molecule has 0 atom stereocenters. The number of esters is 1. The van der Waals surface area contributed by atoms with Gasteiger partial charge in [-0.2, -0.15) is 4.98 Å². The number of aromatic nitrogens is 4. The number of methoxy groups -OCH3 is 1. The lowest BCUT2D eigenvalue weighted by molar-refractivity contribution is -0.149. The first-order chi connectivity index (χ1) is 21.8. The number of aryl methyl sites for hydroxylation is 1. The molecule has 0 unspecified atom stereocenters. The van der Waals surface area contributed by atoms with Crippen molar-refractivity contribution in [2.24, 2.45) is 14.1 Å². The van der Waals surface area contributed by atoms with Gasteiger partial charge in [0.15, 0.2) is 22.7 Å². The number of benzene rings is 2. The van der Waals surface area contributed by atoms with Gasteiger partial charge >= 0.3 is 17.7 Å². The summed E-state index contributed by atoms with van der Waals surface area (Å²) in [6, 6.07) is 9.66. The van der Waals surface area contributed by atoms with Crippen LogP contribution in [0.3, 0.4) is 0 Å². The number of hydrogen-bond acceptors (Lipinski definition) is 10. The van der Waals surface area contributed by atoms with Crippen molar-refractivity contribution in [2.45, 2.75) is 26.5 Å². The first-order valence-corrected chi connectivity index (χ1v) is 15.3. The van der Waals surface area contributed by atoms with Crippen LogP contribution in [0.15, 0.2) is 50.9 Å². The topological polar surface area (TPSA) is 144 Å². The van der Waals surface area contributed by atoms with Crippen molar-refractivity contribution in [3.05, 3.63) is 83.3 Å². The van der Waals surface area contributed by atoms with Gasteiger partial charge in [-0.3, -0.25) is 37.8 Å². The molecule has 2 amide bonds. The molecule has 16 heteroatoms. The molecule has 1 saturated heterocycles. The van der Waals surface area contributed by atoms with Crippen LogP contribution in [-0.2, 0) is 35.0 Å². The molecule has 5 rings (SSSR count). The van der Waals surface area contributed by atoms with Gasteiger partial charge in [0.2, 0.25) is 0 Å². The van der Waals surface area contributed by atoms with Crippen molar-refractivity contribution in [1.29, 1.82) is 0 Å². The largest absolute Gasteiger partial charge is 0.493 e. The molecule has 0 aliphatic carbocycles. The van der Waals surface area contributed by atoms with E-state index in [1.807, 2.05) is 0 Å². The summed E-state index contributed by atoms with van der Waals surface area (Å²) < 4.78 is 20.5. The smallest absolute Gasteiger partial charge is 0.332 e. The first-order valence-electron chi connectivity index (χ1n) is 13.7. The summed E-state index contributed by atoms with van der Waals surface area (Å²) >= 11 is 13.2. The lowest BCUT2D eigenvalue weighted by Crippen LogP contribution is -2.37. The maximum absolute atomic E-state index is 13.3. The average molecular weight is 689 g/mol. The van der Waals surface area contributed by atoms with Gasteiger partial charge in [-0.15, -0.1) is 0 Å². The minimum absolute atomic E-state index is 0.0280. The molecular weight excluding hydrogens is 661 g/mol. The highest BCUT2D eigenvalue weighted by atomic mass is 35.5. The van der Waals surface area contributed by atoms with Gasteiger partial charge in [0.05, 0.1) is 24.7 Å². The third-order valence-electron chi connectivity index (χ3n) is 6.87. The van der Waals surface area contributed by atoms with Crippen LogP contribution in [0.1, 0.15) is 25.0 Å². The Morgan fingerprint density at radius 2 is 1.76 bits per heavy atom. The van der Waals surface area contributed by atoms with Gasteiger partial charge in [-0.05, 0) is 67.1 Å². The average Bonchev–Trinajstić information content (AvgIpc) is 3.48. The fraction of sp³-hybridized carbons (Fsp3) is 0.267. The van der Waals surface area contributed by atoms with E-state index in [9.17, 15) is 24.0 Å². The molecule has 46 heavy (non-hydrogen) atoms. The molecule has 13 nitrogen and oxygen atoms in total. The molecule has 3 heterocycles. The maximum Gasteiger partial charge on any atom is 0.332 e. The molecule has 2 aromatic carbocycles. The summed E-state index contributed by atoms with van der Waals surface area (Å²) in [7, 11) is 4.27. The summed E-state index contributed by atoms with van der Waals surface area (Å²) in [5, 5.41) is 0.191. The number of imidazole rings is 1. The Kier molecular flexibility index (Phi) is 9.33. The summed E-state index contributed by atoms with van der Waals surface area (Å²) in [6.07, 6.45) is 1.10. The second kappa shape index (κ2) is 13.1. The minimum atomic E-state index is -0.691. The standard InChI is InChI=1S/C30H27Cl2N5O8S/c1-15(2)44-23(38)14-37-26(39)22(46-30(37)42)11-16-6-9-20(21(10-16)43-5)45-28-33-25-24(27(40)35(4)29(41)34(25)3)36(28)13-17-7-8-18(31)12-19(17)32/h6-12,15H,13-14H2,1-5H3. The number of carbonyl (C=O) groups excluding carboxylic acids is 3. The van der Waals surface area contributed by atoms with Gasteiger partial charge in [0, 0.05) is 24.1 Å². The van der Waals surface area contributed by atoms with E-state index in [4.69, 9.17) is 37.4 Å². The molecular formula is C30H27Cl2N5O8S. The Hall–Kier alpha value is -4.53. The highest BCUT2D eigenvalue weighted by Crippen LogP contribution is 2.37. The monoisotopic (exact) mass is 687 g/mol. The van der Waals surface area contributed by atoms with Crippen LogP contribution in [0.25, 0.3) is 17.2 Å². The van der Waals surface area contributed by atoms with Gasteiger partial charge < -0.3 is 14.2 Å². The van der Waals surface area contributed by atoms with Gasteiger partial charge in [-0.25, -0.2) is 4.79 Å². The van der Waals surface area contributed by atoms with Gasteiger partial charge in [0.1, 0.15) is 6.54 Å². The maximum atomic E-state index is 13.3. The molecule has 0 bridgehead atoms. The van der Waals surface area contributed by atoms with Crippen molar-refractivity contribution < 1.29 is 28.6 Å². The molecule has 4 aromatic rings. The number of carbonyl (C=O) groups is 3. The van der Waals surface area contributed by atoms with Crippen molar-refractivity contribution in [3.8, 4) is 17.5 Å². The second-order valence-corrected chi connectivity index (χ2v) is 12.2. The van der Waals surface area contributed by atoms with Crippen LogP contribution in [0.4, 0.5) is 4.79 Å². The third-order valence-corrected chi connectivity index (χ3v) is 8.37. The molecule has 0 spiro atoms. The highest BCUT2D eigenvalue weighted by Gasteiger charge is 2.37. The lowest BCUT2D eigenvalue weighted by atomic mass is 10.2. The zero-order valence-corrected chi connectivity index (χ0v) is 27.5. The number of halogens is 2. The van der Waals surface area contributed by atoms with E-state index >= 15 is 0 Å². The van der Waals surface area contributed by atoms with Gasteiger partial charge in [-0.1, -0.05) is 35.3 Å². The van der Waals surface area contributed by atoms with E-state index in [0.717, 1.165) is 9.47 Å². The second-order valence-electron chi connectivity index (χ2n) is 10.4. The first kappa shape index (κ1) is 32.9. The van der Waals surface area contributed by atoms with Crippen LogP contribution in [-0.4, -0.2) is 60.5 Å². The Bertz CT molecular complexity index is 2070. The van der Waals surface area contributed by atoms with Crippen molar-refractivity contribution >= 4 is 69.3 Å². The summed E-state index contributed by atoms with van der Waals surface area (Å²) in [4.78, 5) is 68.8. The van der Waals surface area contributed by atoms with Gasteiger partial charge in [0.25, 0.3) is 16.7 Å². The third kappa shape index (κ3) is 6.41. The summed E-state index contributed by atoms with van der Waals surface area (Å²) in [5.41, 5.74) is 0.156. The van der Waals surface area contributed by atoms with E-state index in [-0.39, 0.29) is 46.2 Å². The van der Waals surface area contributed by atoms with Crippen LogP contribution < -0.4 is 20.7 Å². The Morgan fingerprint density at radius 3 is 2.43 bits per heavy atom.